The van der Waals surface area contributed by atoms with Crippen LogP contribution < -0.4 is 10.6 Å². The Labute approximate surface area is 235 Å². The topological polar surface area (TPSA) is 138 Å². The maximum atomic E-state index is 13.1. The molecule has 10 nitrogen and oxygen atoms in total. The number of amides is 1. The minimum atomic E-state index is -3.85. The number of carbonyl (C=O) groups excluding carboxylic acids is 1. The number of carboxylic acids is 1. The lowest BCUT2D eigenvalue weighted by molar-refractivity contribution is -0.143. The second kappa shape index (κ2) is 12.7. The molecule has 0 spiro atoms. The van der Waals surface area contributed by atoms with E-state index in [2.05, 4.69) is 22.8 Å². The van der Waals surface area contributed by atoms with Crippen LogP contribution in [0.25, 0.3) is 0 Å². The van der Waals surface area contributed by atoms with E-state index < -0.39 is 34.0 Å². The van der Waals surface area contributed by atoms with Crippen LogP contribution in [0.3, 0.4) is 0 Å². The van der Waals surface area contributed by atoms with Crippen molar-refractivity contribution in [1.29, 1.82) is 0 Å². The molecule has 40 heavy (non-hydrogen) atoms. The molecule has 1 saturated heterocycles. The van der Waals surface area contributed by atoms with Gasteiger partial charge in [0.05, 0.1) is 11.0 Å². The van der Waals surface area contributed by atoms with E-state index in [1.54, 1.807) is 18.2 Å². The van der Waals surface area contributed by atoms with Crippen molar-refractivity contribution in [3.63, 3.8) is 0 Å². The largest absolute Gasteiger partial charge is 0.480 e. The van der Waals surface area contributed by atoms with Gasteiger partial charge in [-0.2, -0.15) is 4.31 Å². The molecular weight excluding hydrogens is 532 g/mol. The number of aliphatic carboxylic acids is 1. The van der Waals surface area contributed by atoms with Crippen molar-refractivity contribution >= 4 is 27.7 Å². The smallest absolute Gasteiger partial charge is 0.326 e. The summed E-state index contributed by atoms with van der Waals surface area (Å²) in [4.78, 5) is 29.7. The molecule has 1 aromatic carbocycles. The zero-order chi connectivity index (χ0) is 28.1. The number of carboxylic acid groups (broad SMARTS) is 1. The van der Waals surface area contributed by atoms with Gasteiger partial charge in [0.25, 0.3) is 0 Å². The quantitative estimate of drug-likeness (QED) is 0.354. The van der Waals surface area contributed by atoms with Crippen LogP contribution in [0.4, 0.5) is 5.82 Å². The molecule has 2 aliphatic heterocycles. The van der Waals surface area contributed by atoms with Gasteiger partial charge in [-0.1, -0.05) is 24.3 Å². The number of nitrogens with one attached hydrogen (secondary N) is 2. The number of rotatable bonds is 12. The summed E-state index contributed by atoms with van der Waals surface area (Å²) in [6, 6.07) is 10.2. The predicted octanol–water partition coefficient (Wildman–Crippen LogP) is 2.98. The number of hydrogen-bond acceptors (Lipinski definition) is 7. The van der Waals surface area contributed by atoms with Crippen molar-refractivity contribution < 1.29 is 27.9 Å². The van der Waals surface area contributed by atoms with E-state index in [4.69, 9.17) is 9.72 Å². The zero-order valence-corrected chi connectivity index (χ0v) is 23.4. The molecule has 1 saturated carbocycles. The highest BCUT2D eigenvalue weighted by Gasteiger charge is 2.40. The van der Waals surface area contributed by atoms with Crippen molar-refractivity contribution in [2.75, 3.05) is 25.0 Å². The molecule has 3 N–H and O–H groups in total. The summed E-state index contributed by atoms with van der Waals surface area (Å²) < 4.78 is 33.2. The molecule has 2 atom stereocenters. The lowest BCUT2D eigenvalue weighted by Gasteiger charge is -2.35. The fourth-order valence-corrected chi connectivity index (χ4v) is 7.48. The average molecular weight is 571 g/mol. The Balaban J connectivity index is 1.04. The monoisotopic (exact) mass is 570 g/mol. The summed E-state index contributed by atoms with van der Waals surface area (Å²) in [5.74, 6) is -0.159. The summed E-state index contributed by atoms with van der Waals surface area (Å²) >= 11 is 0. The first-order valence-corrected chi connectivity index (χ1v) is 15.7. The SMILES string of the molecule is O=C(O)[C@H](CCO[C@H]1C[C@@H](CCc2ccc3c(n2)NCCC3)C1)NC(=O)[C@@H]1CCCN1S(=O)(=O)c1ccccc1. The molecule has 11 heteroatoms. The van der Waals surface area contributed by atoms with Gasteiger partial charge in [0.15, 0.2) is 0 Å². The van der Waals surface area contributed by atoms with E-state index in [1.165, 1.54) is 22.0 Å². The van der Waals surface area contributed by atoms with E-state index in [-0.39, 0.29) is 30.6 Å². The molecule has 2 aromatic rings. The van der Waals surface area contributed by atoms with Crippen LogP contribution >= 0.6 is 0 Å². The third-order valence-corrected chi connectivity index (χ3v) is 10.1. The van der Waals surface area contributed by atoms with Crippen molar-refractivity contribution in [3.8, 4) is 0 Å². The van der Waals surface area contributed by atoms with Gasteiger partial charge in [-0.25, -0.2) is 18.2 Å². The lowest BCUT2D eigenvalue weighted by atomic mass is 9.79. The van der Waals surface area contributed by atoms with E-state index in [0.717, 1.165) is 56.6 Å². The maximum absolute atomic E-state index is 13.1. The molecule has 1 amide bonds. The van der Waals surface area contributed by atoms with E-state index in [0.29, 0.717) is 18.8 Å². The summed E-state index contributed by atoms with van der Waals surface area (Å²) in [5, 5.41) is 15.6. The van der Waals surface area contributed by atoms with Gasteiger partial charge in [0.2, 0.25) is 15.9 Å². The number of benzene rings is 1. The van der Waals surface area contributed by atoms with Crippen LogP contribution in [-0.4, -0.2) is 72.6 Å². The summed E-state index contributed by atoms with van der Waals surface area (Å²) in [7, 11) is -3.85. The Bertz CT molecular complexity index is 1300. The molecule has 0 radical (unpaired) electrons. The van der Waals surface area contributed by atoms with Gasteiger partial charge in [-0.3, -0.25) is 4.79 Å². The number of anilines is 1. The maximum Gasteiger partial charge on any atom is 0.326 e. The Morgan fingerprint density at radius 2 is 1.95 bits per heavy atom. The normalized spacial score (nSPS) is 23.4. The fraction of sp³-hybridized carbons (Fsp3) is 0.552. The number of aromatic nitrogens is 1. The predicted molar refractivity (Wildman–Crippen MR) is 149 cm³/mol. The molecule has 1 aliphatic carbocycles. The molecule has 3 aliphatic rings. The molecule has 2 fully saturated rings. The van der Waals surface area contributed by atoms with E-state index >= 15 is 0 Å². The number of aryl methyl sites for hydroxylation is 2. The molecule has 0 bridgehead atoms. The fourth-order valence-electron chi connectivity index (χ4n) is 5.80. The van der Waals surface area contributed by atoms with Crippen LogP contribution in [0, 0.1) is 5.92 Å². The lowest BCUT2D eigenvalue weighted by Crippen LogP contribution is -2.51. The molecular formula is C29H38N4O6S. The number of fused-ring (bicyclic) bond motifs is 1. The van der Waals surface area contributed by atoms with Crippen LogP contribution in [0.15, 0.2) is 47.4 Å². The molecule has 1 aromatic heterocycles. The van der Waals surface area contributed by atoms with Gasteiger partial charge < -0.3 is 20.5 Å². The Kier molecular flexibility index (Phi) is 9.02. The van der Waals surface area contributed by atoms with Crippen molar-refractivity contribution in [3.05, 3.63) is 53.7 Å². The van der Waals surface area contributed by atoms with Crippen molar-refractivity contribution in [1.82, 2.24) is 14.6 Å². The highest BCUT2D eigenvalue weighted by molar-refractivity contribution is 7.89. The number of hydrogen-bond donors (Lipinski definition) is 3. The standard InChI is InChI=1S/C29H38N4O6S/c34-28(26-9-5-16-33(26)40(37,38)24-7-2-1-3-8-24)32-25(29(35)36)14-17-39-23-18-20(19-23)10-12-22-13-11-21-6-4-15-30-27(21)31-22/h1-3,7-8,11,13,20,23,25-26H,4-6,9-10,12,14-19H2,(H,30,31)(H,32,34)(H,35,36)/t20-,23+,25-,26-/m0/s1. The molecule has 3 heterocycles. The number of nitrogens with zero attached hydrogens (tertiary/aromatic N) is 2. The van der Waals surface area contributed by atoms with Crippen LogP contribution in [-0.2, 0) is 37.2 Å². The summed E-state index contributed by atoms with van der Waals surface area (Å²) in [6.45, 7) is 1.41. The Morgan fingerprint density at radius 3 is 2.73 bits per heavy atom. The number of carbonyl (C=O) groups is 2. The summed E-state index contributed by atoms with van der Waals surface area (Å²) in [5.41, 5.74) is 2.40. The Hall–Kier alpha value is -3.02. The van der Waals surface area contributed by atoms with E-state index in [1.807, 2.05) is 0 Å². The average Bonchev–Trinajstić information content (AvgIpc) is 3.45. The third kappa shape index (κ3) is 6.64. The first-order chi connectivity index (χ1) is 19.3. The minimum Gasteiger partial charge on any atom is -0.480 e. The minimum absolute atomic E-state index is 0.0923. The van der Waals surface area contributed by atoms with E-state index in [9.17, 15) is 23.1 Å². The van der Waals surface area contributed by atoms with Crippen LogP contribution in [0.1, 0.15) is 56.2 Å². The summed E-state index contributed by atoms with van der Waals surface area (Å²) in [6.07, 6.45) is 7.16. The number of ether oxygens (including phenoxy) is 1. The third-order valence-electron chi connectivity index (χ3n) is 8.18. The highest BCUT2D eigenvalue weighted by atomic mass is 32.2. The second-order valence-corrected chi connectivity index (χ2v) is 12.9. The number of sulfonamides is 1. The van der Waals surface area contributed by atoms with Crippen LogP contribution in [0.5, 0.6) is 0 Å². The van der Waals surface area contributed by atoms with Gasteiger partial charge in [-0.15, -0.1) is 0 Å². The Morgan fingerprint density at radius 1 is 1.15 bits per heavy atom. The number of pyridine rings is 1. The molecule has 216 valence electrons. The zero-order valence-electron chi connectivity index (χ0n) is 22.6. The van der Waals surface area contributed by atoms with Crippen molar-refractivity contribution in [2.45, 2.75) is 80.9 Å². The van der Waals surface area contributed by atoms with Gasteiger partial charge >= 0.3 is 5.97 Å². The van der Waals surface area contributed by atoms with Gasteiger partial charge in [0, 0.05) is 31.8 Å². The first-order valence-electron chi connectivity index (χ1n) is 14.3. The van der Waals surface area contributed by atoms with Crippen molar-refractivity contribution in [2.24, 2.45) is 5.92 Å². The van der Waals surface area contributed by atoms with Crippen LogP contribution in [0.2, 0.25) is 0 Å². The molecule has 5 rings (SSSR count). The highest BCUT2D eigenvalue weighted by Crippen LogP contribution is 2.34. The van der Waals surface area contributed by atoms with Gasteiger partial charge in [0.1, 0.15) is 17.9 Å². The van der Waals surface area contributed by atoms with Gasteiger partial charge in [-0.05, 0) is 81.0 Å². The molecule has 0 unspecified atom stereocenters. The second-order valence-electron chi connectivity index (χ2n) is 11.0. The first kappa shape index (κ1) is 28.5.